The van der Waals surface area contributed by atoms with Gasteiger partial charge in [-0.1, -0.05) is 26.2 Å². The van der Waals surface area contributed by atoms with E-state index in [4.69, 9.17) is 9.53 Å². The van der Waals surface area contributed by atoms with Gasteiger partial charge in [0, 0.05) is 12.2 Å². The number of rotatable bonds is 8. The van der Waals surface area contributed by atoms with Crippen LogP contribution in [0.25, 0.3) is 0 Å². The molecular weight excluding hydrogens is 248 g/mol. The topological polar surface area (TPSA) is 46.5 Å². The minimum atomic E-state index is -1.50. The van der Waals surface area contributed by atoms with Crippen LogP contribution in [-0.4, -0.2) is 33.1 Å². The van der Waals surface area contributed by atoms with Crippen LogP contribution in [0.15, 0.2) is 12.2 Å². The van der Waals surface area contributed by atoms with Gasteiger partial charge in [-0.15, -0.1) is 0 Å². The molecule has 0 aromatic heterocycles. The van der Waals surface area contributed by atoms with Gasteiger partial charge in [0.1, 0.15) is 0 Å². The van der Waals surface area contributed by atoms with Crippen LogP contribution in [0.1, 0.15) is 19.3 Å². The summed E-state index contributed by atoms with van der Waals surface area (Å²) in [6.07, 6.45) is 2.34. The lowest BCUT2D eigenvalue weighted by molar-refractivity contribution is -0.132. The van der Waals surface area contributed by atoms with Gasteiger partial charge in [0.05, 0.1) is 7.59 Å². The lowest BCUT2D eigenvalue weighted by Crippen LogP contribution is -2.54. The number of unbranched alkanes of at least 4 members (excludes halogenated alkanes) is 1. The Morgan fingerprint density at radius 1 is 1.18 bits per heavy atom. The molecule has 0 fully saturated rings. The summed E-state index contributed by atoms with van der Waals surface area (Å²) >= 11 is 0. The van der Waals surface area contributed by atoms with E-state index in [-0.39, 0.29) is 0 Å². The van der Waals surface area contributed by atoms with Gasteiger partial charge in [-0.3, -0.25) is 0 Å². The number of hydrogen-bond acceptors (Lipinski definition) is 2. The summed E-state index contributed by atoms with van der Waals surface area (Å²) in [7, 11) is -2.68. The maximum Gasteiger partial charge on any atom is 0.330 e. The van der Waals surface area contributed by atoms with E-state index in [1.807, 2.05) is 0 Å². The fourth-order valence-corrected chi connectivity index (χ4v) is 3.78. The van der Waals surface area contributed by atoms with Crippen LogP contribution in [-0.2, 0) is 9.22 Å². The molecule has 0 aromatic rings. The highest BCUT2D eigenvalue weighted by Crippen LogP contribution is 2.20. The molecule has 0 aliphatic carbocycles. The van der Waals surface area contributed by atoms with E-state index in [1.54, 1.807) is 0 Å². The molecule has 100 valence electrons. The normalized spacial score (nSPS) is 12.5. The maximum atomic E-state index is 10.5. The van der Waals surface area contributed by atoms with Crippen LogP contribution in [0.5, 0.6) is 0 Å². The summed E-state index contributed by atoms with van der Waals surface area (Å²) in [5.41, 5.74) is 0.298. The molecule has 0 atom stereocenters. The molecular formula is C12H26O3Si2. The molecule has 0 aromatic carbocycles. The summed E-state index contributed by atoms with van der Waals surface area (Å²) in [4.78, 5) is 10.5. The van der Waals surface area contributed by atoms with Crippen LogP contribution >= 0.6 is 0 Å². The van der Waals surface area contributed by atoms with E-state index < -0.39 is 21.4 Å². The molecule has 1 N–H and O–H groups in total. The van der Waals surface area contributed by atoms with Crippen LogP contribution in [0.3, 0.4) is 0 Å². The second kappa shape index (κ2) is 6.51. The Balaban J connectivity index is 3.80. The van der Waals surface area contributed by atoms with Crippen LogP contribution < -0.4 is 0 Å². The molecule has 0 aliphatic rings. The summed E-state index contributed by atoms with van der Waals surface area (Å²) in [5, 5.41) is 8.66. The molecule has 5 heteroatoms. The number of aliphatic carboxylic acids is 1. The van der Waals surface area contributed by atoms with Crippen molar-refractivity contribution < 1.29 is 14.3 Å². The van der Waals surface area contributed by atoms with Gasteiger partial charge in [0.2, 0.25) is 0 Å². The van der Waals surface area contributed by atoms with Crippen LogP contribution in [0.2, 0.25) is 32.7 Å². The summed E-state index contributed by atoms with van der Waals surface area (Å²) in [5.74, 6) is -0.886. The zero-order valence-corrected chi connectivity index (χ0v) is 13.8. The standard InChI is InChI=1S/C12H26O3Si2/c1-11(12(13)14)9-7-8-10-15-17(5,6)16(2,3)4/h1,7-10H2,2-6H3,(H,13,14). The van der Waals surface area contributed by atoms with Gasteiger partial charge >= 0.3 is 5.97 Å². The first-order chi connectivity index (χ1) is 7.58. The highest BCUT2D eigenvalue weighted by atomic mass is 29.3. The highest BCUT2D eigenvalue weighted by molar-refractivity contribution is 7.37. The summed E-state index contributed by atoms with van der Waals surface area (Å²) < 4.78 is 6.06. The number of carboxylic acids is 1. The number of carbonyl (C=O) groups is 1. The van der Waals surface area contributed by atoms with Crippen LogP contribution in [0.4, 0.5) is 0 Å². The van der Waals surface area contributed by atoms with Crippen molar-refractivity contribution in [2.75, 3.05) is 6.61 Å². The third-order valence-electron chi connectivity index (χ3n) is 3.44. The molecule has 0 amide bonds. The van der Waals surface area contributed by atoms with Crippen molar-refractivity contribution in [1.29, 1.82) is 0 Å². The smallest absolute Gasteiger partial charge is 0.330 e. The molecule has 0 heterocycles. The van der Waals surface area contributed by atoms with Crippen molar-refractivity contribution in [3.63, 3.8) is 0 Å². The Labute approximate surface area is 107 Å². The van der Waals surface area contributed by atoms with Gasteiger partial charge in [0.15, 0.2) is 7.83 Å². The Hall–Kier alpha value is -0.396. The first-order valence-corrected chi connectivity index (χ1v) is 13.5. The molecule has 17 heavy (non-hydrogen) atoms. The largest absolute Gasteiger partial charge is 0.478 e. The van der Waals surface area contributed by atoms with Gasteiger partial charge < -0.3 is 9.53 Å². The predicted molar refractivity (Wildman–Crippen MR) is 77.4 cm³/mol. The van der Waals surface area contributed by atoms with E-state index in [1.165, 1.54) is 0 Å². The Morgan fingerprint density at radius 2 is 1.71 bits per heavy atom. The molecule has 0 saturated heterocycles. The van der Waals surface area contributed by atoms with Crippen molar-refractivity contribution >= 4 is 21.4 Å². The van der Waals surface area contributed by atoms with Crippen molar-refractivity contribution in [2.24, 2.45) is 0 Å². The van der Waals surface area contributed by atoms with Gasteiger partial charge in [0.25, 0.3) is 0 Å². The summed E-state index contributed by atoms with van der Waals surface area (Å²) in [6.45, 7) is 15.9. The molecule has 0 radical (unpaired) electrons. The number of hydrogen-bond donors (Lipinski definition) is 1. The van der Waals surface area contributed by atoms with Crippen molar-refractivity contribution in [1.82, 2.24) is 0 Å². The average Bonchev–Trinajstić information content (AvgIpc) is 2.14. The van der Waals surface area contributed by atoms with Gasteiger partial charge in [-0.2, -0.15) is 0 Å². The fourth-order valence-electron chi connectivity index (χ4n) is 1.09. The summed E-state index contributed by atoms with van der Waals surface area (Å²) in [6, 6.07) is 0. The molecule has 0 saturated carbocycles. The maximum absolute atomic E-state index is 10.5. The molecule has 3 nitrogen and oxygen atoms in total. The van der Waals surface area contributed by atoms with Crippen LogP contribution in [0, 0.1) is 0 Å². The van der Waals surface area contributed by atoms with Crippen molar-refractivity contribution in [3.8, 4) is 0 Å². The average molecular weight is 275 g/mol. The zero-order valence-electron chi connectivity index (χ0n) is 11.8. The zero-order chi connectivity index (χ0) is 13.7. The number of carboxylic acid groups (broad SMARTS) is 1. The molecule has 0 rings (SSSR count). The molecule has 0 spiro atoms. The minimum absolute atomic E-state index is 0.298. The Bertz CT molecular complexity index is 280. The van der Waals surface area contributed by atoms with Gasteiger partial charge in [-0.05, 0) is 32.4 Å². The Kier molecular flexibility index (Phi) is 6.36. The third-order valence-corrected chi connectivity index (χ3v) is 19.3. The van der Waals surface area contributed by atoms with Crippen molar-refractivity contribution in [2.45, 2.75) is 52.0 Å². The lowest BCUT2D eigenvalue weighted by atomic mass is 10.1. The SMILES string of the molecule is C=C(CCCCO[Si](C)(C)[Si](C)(C)C)C(=O)O. The predicted octanol–water partition coefficient (Wildman–Crippen LogP) is 3.44. The van der Waals surface area contributed by atoms with E-state index in [9.17, 15) is 4.79 Å². The van der Waals surface area contributed by atoms with E-state index in [2.05, 4.69) is 39.3 Å². The first-order valence-electron chi connectivity index (χ1n) is 6.13. The van der Waals surface area contributed by atoms with E-state index >= 15 is 0 Å². The molecule has 0 unspecified atom stereocenters. The quantitative estimate of drug-likeness (QED) is 0.419. The van der Waals surface area contributed by atoms with E-state index in [0.29, 0.717) is 12.0 Å². The second-order valence-corrected chi connectivity index (χ2v) is 21.9. The molecule has 0 aliphatic heterocycles. The fraction of sp³-hybridized carbons (Fsp3) is 0.750. The second-order valence-electron chi connectivity index (χ2n) is 5.97. The van der Waals surface area contributed by atoms with E-state index in [0.717, 1.165) is 19.4 Å². The molecule has 0 bridgehead atoms. The third kappa shape index (κ3) is 6.19. The first kappa shape index (κ1) is 16.6. The lowest BCUT2D eigenvalue weighted by Gasteiger charge is -2.34. The highest BCUT2D eigenvalue weighted by Gasteiger charge is 2.38. The van der Waals surface area contributed by atoms with Crippen molar-refractivity contribution in [3.05, 3.63) is 12.2 Å². The minimum Gasteiger partial charge on any atom is -0.478 e. The Morgan fingerprint density at radius 3 is 2.12 bits per heavy atom. The van der Waals surface area contributed by atoms with Gasteiger partial charge in [-0.25, -0.2) is 4.79 Å². The monoisotopic (exact) mass is 274 g/mol.